The lowest BCUT2D eigenvalue weighted by atomic mass is 10.1. The van der Waals surface area contributed by atoms with E-state index in [-0.39, 0.29) is 0 Å². The number of aromatic amines is 1. The largest absolute Gasteiger partial charge is 0.453 e. The Morgan fingerprint density at radius 1 is 1.03 bits per heavy atom. The number of nitrogens with zero attached hydrogens (tertiary/aromatic N) is 1. The molecule has 4 N–H and O–H groups in total. The van der Waals surface area contributed by atoms with Gasteiger partial charge in [-0.2, -0.15) is 0 Å². The molecular weight excluding hydrogens is 390 g/mol. The quantitative estimate of drug-likeness (QED) is 0.331. The number of rotatable bonds is 8. The average molecular weight is 415 g/mol. The first-order valence-corrected chi connectivity index (χ1v) is 10.1. The molecule has 0 radical (unpaired) electrons. The molecule has 2 aromatic heterocycles. The van der Waals surface area contributed by atoms with Crippen LogP contribution in [0.4, 0.5) is 21.9 Å². The normalized spacial score (nSPS) is 10.6. The van der Waals surface area contributed by atoms with Crippen molar-refractivity contribution in [1.82, 2.24) is 15.3 Å². The number of nitrogens with one attached hydrogen (secondary N) is 4. The summed E-state index contributed by atoms with van der Waals surface area (Å²) in [6, 6.07) is 20.3. The fourth-order valence-electron chi connectivity index (χ4n) is 3.41. The number of carbonyl (C=O) groups excluding carboxylic acids is 1. The third-order valence-electron chi connectivity index (χ3n) is 4.99. The van der Waals surface area contributed by atoms with Gasteiger partial charge < -0.3 is 25.7 Å². The fourth-order valence-corrected chi connectivity index (χ4v) is 3.41. The summed E-state index contributed by atoms with van der Waals surface area (Å²) in [5, 5.41) is 10.7. The van der Waals surface area contributed by atoms with Gasteiger partial charge in [-0.3, -0.25) is 4.98 Å². The van der Waals surface area contributed by atoms with Crippen molar-refractivity contribution >= 4 is 34.1 Å². The highest BCUT2D eigenvalue weighted by molar-refractivity contribution is 5.83. The molecule has 1 amide bonds. The molecule has 2 heterocycles. The number of hydrogen-bond donors (Lipinski definition) is 4. The van der Waals surface area contributed by atoms with Gasteiger partial charge in [0.1, 0.15) is 0 Å². The van der Waals surface area contributed by atoms with Crippen LogP contribution in [-0.2, 0) is 17.7 Å². The summed E-state index contributed by atoms with van der Waals surface area (Å²) in [5.74, 6) is 0. The SMILES string of the molecule is COC(=O)NCc1cc(Nc2ccc(NCCc3c[nH]c4ccccc34)cc2)ccn1. The monoisotopic (exact) mass is 415 g/mol. The van der Waals surface area contributed by atoms with Gasteiger partial charge in [0, 0.05) is 46.9 Å². The average Bonchev–Trinajstić information content (AvgIpc) is 3.22. The van der Waals surface area contributed by atoms with E-state index in [4.69, 9.17) is 0 Å². The van der Waals surface area contributed by atoms with Gasteiger partial charge in [0.2, 0.25) is 0 Å². The van der Waals surface area contributed by atoms with Gasteiger partial charge >= 0.3 is 6.09 Å². The predicted octanol–water partition coefficient (Wildman–Crippen LogP) is 4.82. The van der Waals surface area contributed by atoms with Gasteiger partial charge in [0.05, 0.1) is 19.3 Å². The van der Waals surface area contributed by atoms with Crippen molar-refractivity contribution in [1.29, 1.82) is 0 Å². The number of amides is 1. The molecule has 7 nitrogen and oxygen atoms in total. The Morgan fingerprint density at radius 3 is 2.68 bits per heavy atom. The molecule has 2 aromatic carbocycles. The second kappa shape index (κ2) is 9.67. The zero-order valence-corrected chi connectivity index (χ0v) is 17.3. The number of methoxy groups -OCH3 is 1. The second-order valence-electron chi connectivity index (χ2n) is 7.12. The van der Waals surface area contributed by atoms with Crippen LogP contribution in [0.15, 0.2) is 73.1 Å². The molecule has 0 spiro atoms. The Balaban J connectivity index is 1.30. The molecule has 7 heteroatoms. The molecular formula is C24H25N5O2. The van der Waals surface area contributed by atoms with Crippen molar-refractivity contribution in [2.24, 2.45) is 0 Å². The van der Waals surface area contributed by atoms with Crippen LogP contribution in [0, 0.1) is 0 Å². The summed E-state index contributed by atoms with van der Waals surface area (Å²) in [4.78, 5) is 18.8. The van der Waals surface area contributed by atoms with Crippen LogP contribution in [0.2, 0.25) is 0 Å². The standard InChI is InChI=1S/C24H25N5O2/c1-31-24(30)28-16-21-14-20(11-13-26-21)29-19-8-6-18(7-9-19)25-12-10-17-15-27-23-5-3-2-4-22(17)23/h2-9,11,13-15,25,27H,10,12,16H2,1H3,(H,26,29)(H,28,30). The van der Waals surface area contributed by atoms with E-state index in [1.165, 1.54) is 23.6 Å². The minimum atomic E-state index is -0.479. The molecule has 0 unspecified atom stereocenters. The van der Waals surface area contributed by atoms with Crippen LogP contribution in [-0.4, -0.2) is 29.7 Å². The third kappa shape index (κ3) is 5.33. The topological polar surface area (TPSA) is 91.1 Å². The summed E-state index contributed by atoms with van der Waals surface area (Å²) >= 11 is 0. The van der Waals surface area contributed by atoms with Crippen molar-refractivity contribution < 1.29 is 9.53 Å². The summed E-state index contributed by atoms with van der Waals surface area (Å²) < 4.78 is 4.58. The minimum absolute atomic E-state index is 0.307. The molecule has 4 rings (SSSR count). The van der Waals surface area contributed by atoms with Crippen molar-refractivity contribution in [3.05, 3.63) is 84.3 Å². The van der Waals surface area contributed by atoms with E-state index >= 15 is 0 Å². The van der Waals surface area contributed by atoms with Crippen molar-refractivity contribution in [2.75, 3.05) is 24.3 Å². The zero-order valence-electron chi connectivity index (χ0n) is 17.3. The van der Waals surface area contributed by atoms with Crippen LogP contribution in [0.5, 0.6) is 0 Å². The number of alkyl carbamates (subject to hydrolysis) is 1. The van der Waals surface area contributed by atoms with E-state index in [1.807, 2.05) is 30.3 Å². The molecule has 0 saturated heterocycles. The van der Waals surface area contributed by atoms with Crippen molar-refractivity contribution in [3.8, 4) is 0 Å². The molecule has 0 atom stereocenters. The predicted molar refractivity (Wildman–Crippen MR) is 124 cm³/mol. The number of aromatic nitrogens is 2. The van der Waals surface area contributed by atoms with E-state index in [2.05, 4.69) is 67.2 Å². The van der Waals surface area contributed by atoms with E-state index in [9.17, 15) is 4.79 Å². The number of ether oxygens (including phenoxy) is 1. The number of hydrogen-bond acceptors (Lipinski definition) is 5. The first-order chi connectivity index (χ1) is 15.2. The van der Waals surface area contributed by atoms with Crippen LogP contribution in [0.1, 0.15) is 11.3 Å². The Labute approximate surface area is 180 Å². The van der Waals surface area contributed by atoms with Gasteiger partial charge in [-0.15, -0.1) is 0 Å². The minimum Gasteiger partial charge on any atom is -0.453 e. The molecule has 0 fully saturated rings. The summed E-state index contributed by atoms with van der Waals surface area (Å²) in [6.45, 7) is 1.16. The molecule has 0 aliphatic heterocycles. The highest BCUT2D eigenvalue weighted by Gasteiger charge is 2.04. The number of anilines is 3. The molecule has 158 valence electrons. The van der Waals surface area contributed by atoms with E-state index < -0.39 is 6.09 Å². The van der Waals surface area contributed by atoms with Crippen molar-refractivity contribution in [2.45, 2.75) is 13.0 Å². The number of para-hydroxylation sites is 1. The van der Waals surface area contributed by atoms with Gasteiger partial charge in [-0.25, -0.2) is 4.79 Å². The first-order valence-electron chi connectivity index (χ1n) is 10.1. The maximum atomic E-state index is 11.2. The smallest absolute Gasteiger partial charge is 0.407 e. The summed E-state index contributed by atoms with van der Waals surface area (Å²) in [6.07, 6.45) is 4.26. The Kier molecular flexibility index (Phi) is 6.32. The third-order valence-corrected chi connectivity index (χ3v) is 4.99. The molecule has 0 aliphatic carbocycles. The Morgan fingerprint density at radius 2 is 1.84 bits per heavy atom. The fraction of sp³-hybridized carbons (Fsp3) is 0.167. The Hall–Kier alpha value is -4.00. The van der Waals surface area contributed by atoms with Crippen LogP contribution in [0.25, 0.3) is 10.9 Å². The van der Waals surface area contributed by atoms with Gasteiger partial charge in [0.15, 0.2) is 0 Å². The van der Waals surface area contributed by atoms with Gasteiger partial charge in [-0.1, -0.05) is 18.2 Å². The molecule has 0 bridgehead atoms. The maximum Gasteiger partial charge on any atom is 0.407 e. The number of benzene rings is 2. The maximum absolute atomic E-state index is 11.2. The number of pyridine rings is 1. The number of carbonyl (C=O) groups is 1. The van der Waals surface area contributed by atoms with Gasteiger partial charge in [-0.05, 0) is 54.4 Å². The number of fused-ring (bicyclic) bond motifs is 1. The van der Waals surface area contributed by atoms with Crippen molar-refractivity contribution in [3.63, 3.8) is 0 Å². The van der Waals surface area contributed by atoms with E-state index in [1.54, 1.807) is 6.20 Å². The molecule has 0 aliphatic rings. The van der Waals surface area contributed by atoms with Gasteiger partial charge in [0.25, 0.3) is 0 Å². The van der Waals surface area contributed by atoms with Crippen LogP contribution < -0.4 is 16.0 Å². The lowest BCUT2D eigenvalue weighted by molar-refractivity contribution is 0.170. The molecule has 31 heavy (non-hydrogen) atoms. The first kappa shape index (κ1) is 20.3. The highest BCUT2D eigenvalue weighted by Crippen LogP contribution is 2.21. The van der Waals surface area contributed by atoms with E-state index in [0.29, 0.717) is 6.54 Å². The summed E-state index contributed by atoms with van der Waals surface area (Å²) in [5.41, 5.74) is 6.18. The Bertz CT molecular complexity index is 1150. The van der Waals surface area contributed by atoms with Crippen LogP contribution >= 0.6 is 0 Å². The van der Waals surface area contributed by atoms with Crippen LogP contribution in [0.3, 0.4) is 0 Å². The summed E-state index contributed by atoms with van der Waals surface area (Å²) in [7, 11) is 1.33. The highest BCUT2D eigenvalue weighted by atomic mass is 16.5. The molecule has 4 aromatic rings. The zero-order chi connectivity index (χ0) is 21.5. The van der Waals surface area contributed by atoms with E-state index in [0.717, 1.165) is 35.7 Å². The second-order valence-corrected chi connectivity index (χ2v) is 7.12. The molecule has 0 saturated carbocycles. The lowest BCUT2D eigenvalue weighted by Crippen LogP contribution is -2.22. The number of H-pyrrole nitrogens is 1. The lowest BCUT2D eigenvalue weighted by Gasteiger charge is -2.10.